The summed E-state index contributed by atoms with van der Waals surface area (Å²) in [5, 5.41) is 44.6. The maximum atomic E-state index is 14.5. The van der Waals surface area contributed by atoms with Gasteiger partial charge in [-0.3, -0.25) is 25.8 Å². The molecule has 1 aliphatic heterocycles. The van der Waals surface area contributed by atoms with Gasteiger partial charge in [0.05, 0.1) is 23.4 Å². The molecular weight excluding hydrogens is 540 g/mol. The molecule has 2 amide bonds. The smallest absolute Gasteiger partial charge is 0.434 e. The largest absolute Gasteiger partial charge is 0.463 e. The van der Waals surface area contributed by atoms with Crippen LogP contribution >= 0.6 is 11.6 Å². The van der Waals surface area contributed by atoms with Gasteiger partial charge >= 0.3 is 6.09 Å². The van der Waals surface area contributed by atoms with E-state index in [0.29, 0.717) is 27.4 Å². The van der Waals surface area contributed by atoms with Crippen LogP contribution in [-0.4, -0.2) is 65.5 Å². The van der Waals surface area contributed by atoms with Gasteiger partial charge in [-0.15, -0.1) is 4.99 Å². The average Bonchev–Trinajstić information content (AvgIpc) is 3.52. The van der Waals surface area contributed by atoms with Crippen LogP contribution < -0.4 is 10.8 Å². The van der Waals surface area contributed by atoms with Crippen LogP contribution in [0.2, 0.25) is 5.02 Å². The molecule has 1 fully saturated rings. The normalized spacial score (nSPS) is 19.0. The number of aromatic nitrogens is 3. The molecule has 0 radical (unpaired) electrons. The van der Waals surface area contributed by atoms with Crippen LogP contribution in [0.5, 0.6) is 0 Å². The number of nitrogens with one attached hydrogen (secondary N) is 3. The van der Waals surface area contributed by atoms with Crippen LogP contribution in [0.25, 0.3) is 5.69 Å². The summed E-state index contributed by atoms with van der Waals surface area (Å²) in [6.45, 7) is 5.25. The molecule has 13 nitrogen and oxygen atoms in total. The highest BCUT2D eigenvalue weighted by molar-refractivity contribution is 6.32. The van der Waals surface area contributed by atoms with E-state index in [2.05, 4.69) is 20.4 Å². The van der Waals surface area contributed by atoms with E-state index in [1.54, 1.807) is 47.9 Å². The third-order valence-electron chi connectivity index (χ3n) is 6.42. The summed E-state index contributed by atoms with van der Waals surface area (Å²) < 4.78 is 1.43. The molecule has 40 heavy (non-hydrogen) atoms. The first-order valence-electron chi connectivity index (χ1n) is 12.2. The lowest BCUT2D eigenvalue weighted by atomic mass is 9.75. The Bertz CT molecular complexity index is 1450. The molecule has 2 aromatic carbocycles. The second-order valence-electron chi connectivity index (χ2n) is 10.5. The number of amidine groups is 1. The number of carbonyl (C=O) groups is 2. The van der Waals surface area contributed by atoms with E-state index >= 15 is 0 Å². The average molecular weight is 569 g/mol. The molecule has 0 saturated carbocycles. The molecule has 4 rings (SSSR count). The van der Waals surface area contributed by atoms with Crippen molar-refractivity contribution in [1.29, 1.82) is 5.41 Å². The predicted octanol–water partition coefficient (Wildman–Crippen LogP) is 3.06. The highest BCUT2D eigenvalue weighted by Crippen LogP contribution is 2.42. The van der Waals surface area contributed by atoms with Gasteiger partial charge in [-0.2, -0.15) is 5.10 Å². The molecule has 14 heteroatoms. The number of benzene rings is 2. The van der Waals surface area contributed by atoms with Crippen molar-refractivity contribution in [3.05, 3.63) is 76.8 Å². The zero-order valence-corrected chi connectivity index (χ0v) is 22.7. The number of halogens is 1. The summed E-state index contributed by atoms with van der Waals surface area (Å²) in [4.78, 5) is 35.0. The molecule has 0 aliphatic carbocycles. The van der Waals surface area contributed by atoms with Crippen LogP contribution in [0.4, 0.5) is 4.79 Å². The molecule has 0 unspecified atom stereocenters. The maximum absolute atomic E-state index is 14.5. The fourth-order valence-corrected chi connectivity index (χ4v) is 5.05. The number of hydroxylamine groups is 1. The van der Waals surface area contributed by atoms with Gasteiger partial charge in [0.25, 0.3) is 5.91 Å². The summed E-state index contributed by atoms with van der Waals surface area (Å²) in [7, 11) is 0. The van der Waals surface area contributed by atoms with E-state index in [1.807, 2.05) is 20.8 Å². The lowest BCUT2D eigenvalue weighted by Crippen LogP contribution is -2.47. The Labute approximate surface area is 234 Å². The van der Waals surface area contributed by atoms with Crippen LogP contribution in [0.3, 0.4) is 0 Å². The molecular formula is C26H29ClN8O5. The second kappa shape index (κ2) is 11.0. The van der Waals surface area contributed by atoms with Crippen LogP contribution in [0, 0.1) is 10.8 Å². The molecule has 0 bridgehead atoms. The quantitative estimate of drug-likeness (QED) is 0.141. The van der Waals surface area contributed by atoms with E-state index < -0.39 is 35.6 Å². The number of aliphatic hydroxyl groups excluding tert-OH is 1. The van der Waals surface area contributed by atoms with E-state index in [-0.39, 0.29) is 18.2 Å². The van der Waals surface area contributed by atoms with Crippen molar-refractivity contribution in [3.8, 4) is 5.69 Å². The lowest BCUT2D eigenvalue weighted by molar-refractivity contribution is -0.134. The first-order chi connectivity index (χ1) is 18.9. The molecule has 6 N–H and O–H groups in total. The van der Waals surface area contributed by atoms with E-state index in [9.17, 15) is 19.8 Å². The number of nitrogens with zero attached hydrogens (tertiary/aromatic N) is 5. The second-order valence-corrected chi connectivity index (χ2v) is 10.9. The van der Waals surface area contributed by atoms with E-state index in [1.165, 1.54) is 17.3 Å². The van der Waals surface area contributed by atoms with Crippen molar-refractivity contribution >= 4 is 35.4 Å². The Morgan fingerprint density at radius 2 is 1.95 bits per heavy atom. The molecule has 1 aliphatic rings. The minimum atomic E-state index is -1.53. The third-order valence-corrected chi connectivity index (χ3v) is 6.74. The SMILES string of the molecule is CC(C)(C)C[C@]1(c2ccc(C(=N)NO)cc2)N/C(=N\C(=O)O)N([C@H](CO)c2ccc(Cl)c(-n3cncn3)c2)C1=O. The summed E-state index contributed by atoms with van der Waals surface area (Å²) >= 11 is 6.38. The zero-order valence-electron chi connectivity index (χ0n) is 22.0. The molecule has 1 aromatic heterocycles. The van der Waals surface area contributed by atoms with Crippen molar-refractivity contribution in [3.63, 3.8) is 0 Å². The van der Waals surface area contributed by atoms with Crippen molar-refractivity contribution in [2.24, 2.45) is 10.4 Å². The summed E-state index contributed by atoms with van der Waals surface area (Å²) in [5.41, 5.74) is 1.64. The molecule has 0 spiro atoms. The van der Waals surface area contributed by atoms with Crippen LogP contribution in [0.15, 0.2) is 60.1 Å². The maximum Gasteiger partial charge on any atom is 0.434 e. The standard InChI is InChI=1S/C26H29ClN8O5/c1-25(2,3)12-26(17-7-4-15(5-8-17)21(28)33-40)22(37)35(23(32-26)31-24(38)39)20(11-36)16-6-9-18(27)19(10-16)34-14-29-13-30-34/h4-10,13-14,20,36,40H,11-12H2,1-3H3,(H2,28,33)(H,31,32)(H,38,39)/t20-,26-/m1/s1. The Hall–Kier alpha value is -4.33. The van der Waals surface area contributed by atoms with Gasteiger partial charge in [0.2, 0.25) is 5.96 Å². The Morgan fingerprint density at radius 1 is 1.25 bits per heavy atom. The molecule has 210 valence electrons. The first kappa shape index (κ1) is 28.7. The number of guanidine groups is 1. The lowest BCUT2D eigenvalue weighted by Gasteiger charge is -2.35. The number of hydrogen-bond acceptors (Lipinski definition) is 7. The fraction of sp³-hybridized carbons (Fsp3) is 0.308. The number of rotatable bonds is 7. The summed E-state index contributed by atoms with van der Waals surface area (Å²) in [6, 6.07) is 10.2. The number of carboxylic acid groups (broad SMARTS) is 1. The summed E-state index contributed by atoms with van der Waals surface area (Å²) in [6.07, 6.45) is 1.48. The van der Waals surface area contributed by atoms with Gasteiger partial charge in [-0.05, 0) is 35.1 Å². The first-order valence-corrected chi connectivity index (χ1v) is 12.6. The minimum Gasteiger partial charge on any atom is -0.463 e. The van der Waals surface area contributed by atoms with Crippen molar-refractivity contribution < 1.29 is 25.0 Å². The molecule has 2 heterocycles. The molecule has 1 saturated heterocycles. The monoisotopic (exact) mass is 568 g/mol. The van der Waals surface area contributed by atoms with Gasteiger partial charge in [0, 0.05) is 5.56 Å². The van der Waals surface area contributed by atoms with Crippen LogP contribution in [-0.2, 0) is 10.3 Å². The van der Waals surface area contributed by atoms with Gasteiger partial charge in [0.15, 0.2) is 0 Å². The topological polar surface area (TPSA) is 189 Å². The van der Waals surface area contributed by atoms with Crippen molar-refractivity contribution in [1.82, 2.24) is 30.5 Å². The number of hydrogen-bond donors (Lipinski definition) is 6. The fourth-order valence-electron chi connectivity index (χ4n) is 4.85. The highest BCUT2D eigenvalue weighted by atomic mass is 35.5. The van der Waals surface area contributed by atoms with Gasteiger partial charge < -0.3 is 15.5 Å². The van der Waals surface area contributed by atoms with Gasteiger partial charge in [-0.25, -0.2) is 14.5 Å². The number of carbonyl (C=O) groups excluding carboxylic acids is 1. The van der Waals surface area contributed by atoms with Gasteiger partial charge in [-0.1, -0.05) is 62.7 Å². The van der Waals surface area contributed by atoms with Crippen molar-refractivity contribution in [2.45, 2.75) is 38.8 Å². The van der Waals surface area contributed by atoms with Gasteiger partial charge in [0.1, 0.15) is 24.0 Å². The predicted molar refractivity (Wildman–Crippen MR) is 146 cm³/mol. The minimum absolute atomic E-state index is 0.228. The number of aliphatic imine (C=N–C) groups is 1. The number of amides is 2. The Morgan fingerprint density at radius 3 is 2.50 bits per heavy atom. The Balaban J connectivity index is 1.87. The van der Waals surface area contributed by atoms with E-state index in [0.717, 1.165) is 4.90 Å². The van der Waals surface area contributed by atoms with E-state index in [4.69, 9.17) is 22.2 Å². The summed E-state index contributed by atoms with van der Waals surface area (Å²) in [5.74, 6) is -1.00. The zero-order chi connectivity index (χ0) is 29.2. The highest BCUT2D eigenvalue weighted by Gasteiger charge is 2.55. The number of aliphatic hydroxyl groups is 1. The molecule has 3 aromatic rings. The Kier molecular flexibility index (Phi) is 7.91. The molecule has 2 atom stereocenters. The van der Waals surface area contributed by atoms with Crippen molar-refractivity contribution in [2.75, 3.05) is 6.61 Å². The third kappa shape index (κ3) is 5.52. The van der Waals surface area contributed by atoms with Crippen LogP contribution in [0.1, 0.15) is 49.9 Å².